The van der Waals surface area contributed by atoms with Crippen molar-refractivity contribution in [2.24, 2.45) is 0 Å². The maximum Gasteiger partial charge on any atom is 0.116 e. The number of hydrogen-bond donors (Lipinski definition) is 2. The number of hydrogen-bond acceptors (Lipinski definition) is 3. The predicted octanol–water partition coefficient (Wildman–Crippen LogP) is 6.31. The fourth-order valence-electron chi connectivity index (χ4n) is 5.75. The SMILES string of the molecule is CC(C)N1CCN(c2ccc(C3=C(c4ccc5cc[nH]c5c4)CCc4ccc(O)cc43)cc2)CC1. The summed E-state index contributed by atoms with van der Waals surface area (Å²) in [6.45, 7) is 8.92. The topological polar surface area (TPSA) is 42.5 Å². The minimum absolute atomic E-state index is 0.321. The van der Waals surface area contributed by atoms with Crippen LogP contribution in [-0.4, -0.2) is 47.2 Å². The molecule has 0 spiro atoms. The number of phenolic OH excluding ortho intramolecular Hbond substituents is 1. The Kier molecular flexibility index (Phi) is 5.62. The molecule has 4 aromatic rings. The van der Waals surface area contributed by atoms with E-state index in [1.54, 1.807) is 0 Å². The van der Waals surface area contributed by atoms with E-state index in [1.165, 1.54) is 38.9 Å². The van der Waals surface area contributed by atoms with Gasteiger partial charge in [-0.25, -0.2) is 0 Å². The zero-order valence-electron chi connectivity index (χ0n) is 20.6. The highest BCUT2D eigenvalue weighted by molar-refractivity contribution is 6.02. The Balaban J connectivity index is 1.40. The van der Waals surface area contributed by atoms with Gasteiger partial charge in [0.1, 0.15) is 5.75 Å². The van der Waals surface area contributed by atoms with Crippen LogP contribution in [0, 0.1) is 0 Å². The maximum atomic E-state index is 10.4. The number of nitrogens with zero attached hydrogens (tertiary/aromatic N) is 2. The van der Waals surface area contributed by atoms with Crippen molar-refractivity contribution in [3.8, 4) is 5.75 Å². The number of fused-ring (bicyclic) bond motifs is 2. The molecule has 178 valence electrons. The number of rotatable bonds is 4. The van der Waals surface area contributed by atoms with Gasteiger partial charge in [-0.2, -0.15) is 0 Å². The highest BCUT2D eigenvalue weighted by Crippen LogP contribution is 2.42. The number of benzene rings is 3. The molecule has 0 amide bonds. The number of aromatic amines is 1. The van der Waals surface area contributed by atoms with Gasteiger partial charge in [-0.3, -0.25) is 4.90 Å². The number of anilines is 1. The summed E-state index contributed by atoms with van der Waals surface area (Å²) in [5.74, 6) is 0.321. The summed E-state index contributed by atoms with van der Waals surface area (Å²) in [6.07, 6.45) is 3.96. The van der Waals surface area contributed by atoms with Crippen LogP contribution in [0.1, 0.15) is 42.5 Å². The number of phenols is 1. The van der Waals surface area contributed by atoms with Crippen LogP contribution in [0.3, 0.4) is 0 Å². The Hall–Kier alpha value is -3.50. The van der Waals surface area contributed by atoms with Gasteiger partial charge in [0.25, 0.3) is 0 Å². The molecule has 0 bridgehead atoms. The van der Waals surface area contributed by atoms with Crippen molar-refractivity contribution in [3.63, 3.8) is 0 Å². The molecule has 35 heavy (non-hydrogen) atoms. The first-order valence-corrected chi connectivity index (χ1v) is 12.8. The van der Waals surface area contributed by atoms with E-state index in [0.29, 0.717) is 11.8 Å². The number of aromatic hydroxyl groups is 1. The summed E-state index contributed by atoms with van der Waals surface area (Å²) < 4.78 is 0. The molecule has 1 saturated heterocycles. The van der Waals surface area contributed by atoms with Gasteiger partial charge in [0.2, 0.25) is 0 Å². The Morgan fingerprint density at radius 1 is 0.800 bits per heavy atom. The van der Waals surface area contributed by atoms with Crippen LogP contribution in [-0.2, 0) is 6.42 Å². The Morgan fingerprint density at radius 3 is 2.34 bits per heavy atom. The summed E-state index contributed by atoms with van der Waals surface area (Å²) >= 11 is 0. The number of piperazine rings is 1. The second kappa shape index (κ2) is 8.94. The number of H-pyrrole nitrogens is 1. The zero-order valence-corrected chi connectivity index (χ0v) is 20.6. The number of aromatic nitrogens is 1. The number of aryl methyl sites for hydroxylation is 1. The van der Waals surface area contributed by atoms with Gasteiger partial charge in [0.05, 0.1) is 0 Å². The van der Waals surface area contributed by atoms with Gasteiger partial charge in [-0.15, -0.1) is 0 Å². The van der Waals surface area contributed by atoms with E-state index in [9.17, 15) is 5.11 Å². The van der Waals surface area contributed by atoms with Crippen LogP contribution < -0.4 is 4.90 Å². The van der Waals surface area contributed by atoms with E-state index in [-0.39, 0.29) is 0 Å². The highest BCUT2D eigenvalue weighted by atomic mass is 16.3. The molecule has 3 aromatic carbocycles. The second-order valence-electron chi connectivity index (χ2n) is 10.1. The third kappa shape index (κ3) is 4.12. The molecule has 2 N–H and O–H groups in total. The minimum Gasteiger partial charge on any atom is -0.508 e. The summed E-state index contributed by atoms with van der Waals surface area (Å²) in [5, 5.41) is 11.6. The minimum atomic E-state index is 0.321. The van der Waals surface area contributed by atoms with Crippen molar-refractivity contribution in [3.05, 3.63) is 95.2 Å². The van der Waals surface area contributed by atoms with Crippen molar-refractivity contribution in [1.82, 2.24) is 9.88 Å². The van der Waals surface area contributed by atoms with Gasteiger partial charge in [-0.1, -0.05) is 30.3 Å². The van der Waals surface area contributed by atoms with E-state index >= 15 is 0 Å². The van der Waals surface area contributed by atoms with E-state index in [1.807, 2.05) is 18.3 Å². The number of allylic oxidation sites excluding steroid dienone is 1. The molecule has 6 rings (SSSR count). The molecule has 4 nitrogen and oxygen atoms in total. The summed E-state index contributed by atoms with van der Waals surface area (Å²) in [6, 6.07) is 24.3. The molecular formula is C31H33N3O. The average Bonchev–Trinajstić information content (AvgIpc) is 3.36. The number of nitrogens with one attached hydrogen (secondary N) is 1. The molecule has 2 heterocycles. The predicted molar refractivity (Wildman–Crippen MR) is 146 cm³/mol. The Labute approximate surface area is 207 Å². The van der Waals surface area contributed by atoms with Crippen molar-refractivity contribution >= 4 is 27.7 Å². The fraction of sp³-hybridized carbons (Fsp3) is 0.290. The maximum absolute atomic E-state index is 10.4. The van der Waals surface area contributed by atoms with Gasteiger partial charge in [-0.05, 0) is 102 Å². The van der Waals surface area contributed by atoms with Crippen molar-refractivity contribution in [2.75, 3.05) is 31.1 Å². The second-order valence-corrected chi connectivity index (χ2v) is 10.1. The third-order valence-electron chi connectivity index (χ3n) is 7.78. The first kappa shape index (κ1) is 22.0. The molecule has 4 heteroatoms. The molecule has 1 aliphatic carbocycles. The first-order chi connectivity index (χ1) is 17.1. The van der Waals surface area contributed by atoms with E-state index in [4.69, 9.17) is 0 Å². The van der Waals surface area contributed by atoms with Crippen LogP contribution in [0.4, 0.5) is 5.69 Å². The lowest BCUT2D eigenvalue weighted by atomic mass is 9.79. The molecule has 0 radical (unpaired) electrons. The van der Waals surface area contributed by atoms with Crippen LogP contribution in [0.15, 0.2) is 72.9 Å². The quantitative estimate of drug-likeness (QED) is 0.373. The van der Waals surface area contributed by atoms with E-state index in [0.717, 1.165) is 50.1 Å². The van der Waals surface area contributed by atoms with Crippen LogP contribution >= 0.6 is 0 Å². The van der Waals surface area contributed by atoms with Gasteiger partial charge < -0.3 is 15.0 Å². The van der Waals surface area contributed by atoms with Crippen molar-refractivity contribution in [1.29, 1.82) is 0 Å². The molecule has 0 unspecified atom stereocenters. The lowest BCUT2D eigenvalue weighted by Crippen LogP contribution is -2.48. The summed E-state index contributed by atoms with van der Waals surface area (Å²) in [7, 11) is 0. The summed E-state index contributed by atoms with van der Waals surface area (Å²) in [4.78, 5) is 8.41. The molecule has 1 aromatic heterocycles. The van der Waals surface area contributed by atoms with Crippen LogP contribution in [0.25, 0.3) is 22.0 Å². The summed E-state index contributed by atoms with van der Waals surface area (Å²) in [5.41, 5.74) is 9.95. The van der Waals surface area contributed by atoms with Gasteiger partial charge >= 0.3 is 0 Å². The fourth-order valence-corrected chi connectivity index (χ4v) is 5.75. The van der Waals surface area contributed by atoms with E-state index in [2.05, 4.69) is 83.2 Å². The molecule has 2 aliphatic rings. The molecule has 1 fully saturated rings. The Bertz CT molecular complexity index is 1390. The van der Waals surface area contributed by atoms with Crippen LogP contribution in [0.5, 0.6) is 5.75 Å². The molecular weight excluding hydrogens is 430 g/mol. The zero-order chi connectivity index (χ0) is 23.9. The lowest BCUT2D eigenvalue weighted by Gasteiger charge is -2.38. The van der Waals surface area contributed by atoms with Crippen molar-refractivity contribution < 1.29 is 5.11 Å². The smallest absolute Gasteiger partial charge is 0.116 e. The highest BCUT2D eigenvalue weighted by Gasteiger charge is 2.23. The monoisotopic (exact) mass is 463 g/mol. The normalized spacial score (nSPS) is 16.8. The standard InChI is InChI=1S/C31H33N3O/c1-21(2)33-15-17-34(18-16-33)26-9-5-24(6-10-26)31-28(12-8-22-7-11-27(35)20-29(22)31)25-4-3-23-13-14-32-30(23)19-25/h3-7,9-11,13-14,19-21,32,35H,8,12,15-18H2,1-2H3. The van der Waals surface area contributed by atoms with Gasteiger partial charge in [0.15, 0.2) is 0 Å². The van der Waals surface area contributed by atoms with Crippen molar-refractivity contribution in [2.45, 2.75) is 32.7 Å². The lowest BCUT2D eigenvalue weighted by molar-refractivity contribution is 0.209. The molecule has 1 aliphatic heterocycles. The average molecular weight is 464 g/mol. The first-order valence-electron chi connectivity index (χ1n) is 12.8. The third-order valence-corrected chi connectivity index (χ3v) is 7.78. The largest absolute Gasteiger partial charge is 0.508 e. The Morgan fingerprint density at radius 2 is 1.57 bits per heavy atom. The van der Waals surface area contributed by atoms with Crippen LogP contribution in [0.2, 0.25) is 0 Å². The molecule has 0 saturated carbocycles. The molecule has 0 atom stereocenters. The van der Waals surface area contributed by atoms with Gasteiger partial charge in [0, 0.05) is 49.6 Å². The van der Waals surface area contributed by atoms with E-state index < -0.39 is 0 Å².